The normalized spacial score (nSPS) is 11.7. The molecule has 3 aromatic rings. The number of ketones is 1. The highest BCUT2D eigenvalue weighted by atomic mass is 16.5. The number of rotatable bonds is 9. The molecule has 2 aromatic carbocycles. The van der Waals surface area contributed by atoms with Gasteiger partial charge in [-0.1, -0.05) is 50.2 Å². The Morgan fingerprint density at radius 3 is 2.48 bits per heavy atom. The van der Waals surface area contributed by atoms with Crippen molar-refractivity contribution in [3.63, 3.8) is 0 Å². The minimum atomic E-state index is -0.544. The summed E-state index contributed by atoms with van der Waals surface area (Å²) in [5.74, 6) is 0.429. The van der Waals surface area contributed by atoms with Crippen LogP contribution in [0, 0.1) is 0 Å². The summed E-state index contributed by atoms with van der Waals surface area (Å²) in [6.07, 6.45) is 2.64. The van der Waals surface area contributed by atoms with E-state index in [1.54, 1.807) is 42.7 Å². The van der Waals surface area contributed by atoms with Gasteiger partial charge in [-0.05, 0) is 42.2 Å². The molecule has 1 atom stereocenters. The van der Waals surface area contributed by atoms with Gasteiger partial charge in [0, 0.05) is 11.3 Å². The van der Waals surface area contributed by atoms with E-state index >= 15 is 0 Å². The second-order valence-electron chi connectivity index (χ2n) is 6.91. The van der Waals surface area contributed by atoms with E-state index in [2.05, 4.69) is 19.2 Å². The molecule has 0 aliphatic heterocycles. The molecule has 3 rings (SSSR count). The van der Waals surface area contributed by atoms with Crippen LogP contribution in [0.3, 0.4) is 0 Å². The fourth-order valence-electron chi connectivity index (χ4n) is 2.94. The Morgan fingerprint density at radius 2 is 1.79 bits per heavy atom. The number of furan rings is 1. The number of hydrogen-bond acceptors (Lipinski definition) is 5. The van der Waals surface area contributed by atoms with E-state index in [-0.39, 0.29) is 12.4 Å². The van der Waals surface area contributed by atoms with Crippen molar-refractivity contribution in [2.75, 3.05) is 11.9 Å². The Kier molecular flexibility index (Phi) is 6.85. The predicted molar refractivity (Wildman–Crippen MR) is 112 cm³/mol. The van der Waals surface area contributed by atoms with Gasteiger partial charge in [-0.2, -0.15) is 0 Å². The fourth-order valence-corrected chi connectivity index (χ4v) is 2.94. The van der Waals surface area contributed by atoms with Crippen LogP contribution in [-0.4, -0.2) is 18.4 Å². The van der Waals surface area contributed by atoms with Crippen molar-refractivity contribution in [3.8, 4) is 0 Å². The summed E-state index contributed by atoms with van der Waals surface area (Å²) in [6.45, 7) is 4.42. The number of para-hydroxylation sites is 1. The summed E-state index contributed by atoms with van der Waals surface area (Å²) in [5, 5.41) is 3.16. The molecule has 0 aliphatic carbocycles. The van der Waals surface area contributed by atoms with Crippen LogP contribution >= 0.6 is 0 Å². The topological polar surface area (TPSA) is 68.5 Å². The van der Waals surface area contributed by atoms with Gasteiger partial charge >= 0.3 is 5.97 Å². The van der Waals surface area contributed by atoms with Crippen LogP contribution in [0.4, 0.5) is 5.69 Å². The number of anilines is 1. The lowest BCUT2D eigenvalue weighted by molar-refractivity contribution is 0.0475. The third-order valence-corrected chi connectivity index (χ3v) is 4.93. The molecule has 0 unspecified atom stereocenters. The number of esters is 1. The zero-order valence-electron chi connectivity index (χ0n) is 16.7. The zero-order chi connectivity index (χ0) is 20.6. The number of nitrogens with one attached hydrogen (secondary N) is 1. The molecule has 1 aromatic heterocycles. The first-order chi connectivity index (χ1) is 14.1. The van der Waals surface area contributed by atoms with Crippen LogP contribution in [0.1, 0.15) is 58.2 Å². The van der Waals surface area contributed by atoms with Gasteiger partial charge in [-0.15, -0.1) is 0 Å². The highest BCUT2D eigenvalue weighted by Gasteiger charge is 2.15. The number of carbonyl (C=O) groups is 2. The van der Waals surface area contributed by atoms with Crippen LogP contribution in [0.2, 0.25) is 0 Å². The number of Topliss-reactive ketones (excluding diaryl/α,β-unsaturated/α-hetero) is 1. The quantitative estimate of drug-likeness (QED) is 0.388. The molecule has 29 heavy (non-hydrogen) atoms. The Bertz CT molecular complexity index is 945. The molecular weight excluding hydrogens is 366 g/mol. The zero-order valence-corrected chi connectivity index (χ0v) is 16.7. The first-order valence-electron chi connectivity index (χ1n) is 9.74. The second kappa shape index (κ2) is 9.73. The molecule has 0 aliphatic rings. The summed E-state index contributed by atoms with van der Waals surface area (Å²) in [4.78, 5) is 24.9. The number of carbonyl (C=O) groups excluding carboxylic acids is 2. The molecule has 1 heterocycles. The van der Waals surface area contributed by atoms with Crippen molar-refractivity contribution in [3.05, 3.63) is 89.4 Å². The van der Waals surface area contributed by atoms with Crippen molar-refractivity contribution in [2.45, 2.75) is 32.7 Å². The fraction of sp³-hybridized carbons (Fsp3) is 0.250. The maximum absolute atomic E-state index is 12.5. The minimum Gasteiger partial charge on any atom is -0.467 e. The average Bonchev–Trinajstić information content (AvgIpc) is 3.29. The van der Waals surface area contributed by atoms with Gasteiger partial charge in [-0.25, -0.2) is 4.79 Å². The molecule has 0 saturated heterocycles. The van der Waals surface area contributed by atoms with Crippen molar-refractivity contribution in [1.29, 1.82) is 0 Å². The van der Waals surface area contributed by atoms with Crippen molar-refractivity contribution < 1.29 is 18.7 Å². The average molecular weight is 391 g/mol. The first-order valence-corrected chi connectivity index (χ1v) is 9.74. The molecule has 150 valence electrons. The van der Waals surface area contributed by atoms with Crippen molar-refractivity contribution >= 4 is 17.4 Å². The van der Waals surface area contributed by atoms with Crippen molar-refractivity contribution in [1.82, 2.24) is 0 Å². The highest BCUT2D eigenvalue weighted by Crippen LogP contribution is 2.20. The molecule has 0 saturated carbocycles. The van der Waals surface area contributed by atoms with Gasteiger partial charge in [0.1, 0.15) is 5.76 Å². The van der Waals surface area contributed by atoms with Crippen LogP contribution in [0.25, 0.3) is 0 Å². The van der Waals surface area contributed by atoms with Crippen LogP contribution in [0.15, 0.2) is 71.3 Å². The van der Waals surface area contributed by atoms with Crippen LogP contribution in [-0.2, 0) is 11.3 Å². The molecule has 5 nitrogen and oxygen atoms in total. The van der Waals surface area contributed by atoms with E-state index in [1.807, 2.05) is 24.3 Å². The van der Waals surface area contributed by atoms with Gasteiger partial charge in [0.15, 0.2) is 12.4 Å². The summed E-state index contributed by atoms with van der Waals surface area (Å²) >= 11 is 0. The standard InChI is InChI=1S/C24H25NO4/c1-3-17(2)18-10-12-19(13-11-18)23(26)16-29-24(27)21-8-4-5-9-22(21)25-15-20-7-6-14-28-20/h4-14,17,25H,3,15-16H2,1-2H3/t17-/m0/s1. The SMILES string of the molecule is CC[C@H](C)c1ccc(C(=O)COC(=O)c2ccccc2NCc2ccco2)cc1. The van der Waals surface area contributed by atoms with Crippen LogP contribution in [0.5, 0.6) is 0 Å². The molecule has 5 heteroatoms. The molecule has 1 N–H and O–H groups in total. The Morgan fingerprint density at radius 1 is 1.03 bits per heavy atom. The van der Waals surface area contributed by atoms with E-state index in [4.69, 9.17) is 9.15 Å². The van der Waals surface area contributed by atoms with Crippen LogP contribution < -0.4 is 5.32 Å². The molecule has 0 bridgehead atoms. The molecule has 0 spiro atoms. The van der Waals surface area contributed by atoms with Gasteiger partial charge in [0.25, 0.3) is 0 Å². The van der Waals surface area contributed by atoms with E-state index in [0.717, 1.165) is 12.2 Å². The summed E-state index contributed by atoms with van der Waals surface area (Å²) in [6, 6.07) is 18.2. The van der Waals surface area contributed by atoms with Gasteiger partial charge in [0.05, 0.1) is 18.4 Å². The molecular formula is C24H25NO4. The lowest BCUT2D eigenvalue weighted by Crippen LogP contribution is -2.16. The third-order valence-electron chi connectivity index (χ3n) is 4.93. The lowest BCUT2D eigenvalue weighted by atomic mass is 9.97. The van der Waals surface area contributed by atoms with E-state index in [1.165, 1.54) is 5.56 Å². The van der Waals surface area contributed by atoms with Gasteiger partial charge in [-0.3, -0.25) is 4.79 Å². The Hall–Kier alpha value is -3.34. The molecule has 0 amide bonds. The maximum atomic E-state index is 12.5. The maximum Gasteiger partial charge on any atom is 0.340 e. The smallest absolute Gasteiger partial charge is 0.340 e. The van der Waals surface area contributed by atoms with E-state index < -0.39 is 5.97 Å². The van der Waals surface area contributed by atoms with E-state index in [0.29, 0.717) is 29.3 Å². The van der Waals surface area contributed by atoms with Gasteiger partial charge < -0.3 is 14.5 Å². The highest BCUT2D eigenvalue weighted by molar-refractivity contribution is 6.00. The summed E-state index contributed by atoms with van der Waals surface area (Å²) in [5.41, 5.74) is 2.73. The Labute approximate surface area is 170 Å². The summed E-state index contributed by atoms with van der Waals surface area (Å²) < 4.78 is 10.6. The molecule has 0 radical (unpaired) electrons. The molecule has 0 fully saturated rings. The number of hydrogen-bond donors (Lipinski definition) is 1. The van der Waals surface area contributed by atoms with E-state index in [9.17, 15) is 9.59 Å². The summed E-state index contributed by atoms with van der Waals surface area (Å²) in [7, 11) is 0. The third kappa shape index (κ3) is 5.35. The predicted octanol–water partition coefficient (Wildman–Crippen LogP) is 5.44. The minimum absolute atomic E-state index is 0.227. The Balaban J connectivity index is 1.59. The van der Waals surface area contributed by atoms with Gasteiger partial charge in [0.2, 0.25) is 0 Å². The number of ether oxygens (including phenoxy) is 1. The lowest BCUT2D eigenvalue weighted by Gasteiger charge is -2.11. The monoisotopic (exact) mass is 391 g/mol. The van der Waals surface area contributed by atoms with Crippen molar-refractivity contribution in [2.24, 2.45) is 0 Å². The largest absolute Gasteiger partial charge is 0.467 e. The first kappa shape index (κ1) is 20.4. The number of benzene rings is 2. The second-order valence-corrected chi connectivity index (χ2v) is 6.91.